The maximum atomic E-state index is 13.3. The molecule has 0 aliphatic carbocycles. The number of amides is 1. The third-order valence-corrected chi connectivity index (χ3v) is 6.26. The monoisotopic (exact) mass is 468 g/mol. The number of hydrazone groups is 1. The summed E-state index contributed by atoms with van der Waals surface area (Å²) in [7, 11) is -2.75. The number of rotatable bonds is 9. The van der Waals surface area contributed by atoms with Gasteiger partial charge in [-0.15, -0.1) is 0 Å². The van der Waals surface area contributed by atoms with Crippen molar-refractivity contribution in [2.75, 3.05) is 18.0 Å². The van der Waals surface area contributed by atoms with Crippen molar-refractivity contribution < 1.29 is 22.9 Å². The fraction of sp³-hybridized carbons (Fsp3) is 0.0909. The SMILES string of the molecule is COc1ccc(/C=N\NC(=O)CN(c2ccccc2[N+](=O)[O-])S(=O)(=O)c2ccccc2)cc1. The number of carbonyl (C=O) groups excluding carboxylic acids is 1. The van der Waals surface area contributed by atoms with Crippen molar-refractivity contribution in [2.45, 2.75) is 4.90 Å². The Morgan fingerprint density at radius 1 is 1.06 bits per heavy atom. The highest BCUT2D eigenvalue weighted by atomic mass is 32.2. The fourth-order valence-electron chi connectivity index (χ4n) is 2.88. The fourth-order valence-corrected chi connectivity index (χ4v) is 4.34. The first kappa shape index (κ1) is 23.4. The van der Waals surface area contributed by atoms with E-state index in [1.54, 1.807) is 30.3 Å². The lowest BCUT2D eigenvalue weighted by atomic mass is 10.2. The van der Waals surface area contributed by atoms with Gasteiger partial charge in [0.15, 0.2) is 0 Å². The van der Waals surface area contributed by atoms with E-state index in [9.17, 15) is 23.3 Å². The molecule has 3 aromatic rings. The lowest BCUT2D eigenvalue weighted by Crippen LogP contribution is -2.39. The summed E-state index contributed by atoms with van der Waals surface area (Å²) in [5.74, 6) is -0.125. The minimum Gasteiger partial charge on any atom is -0.497 e. The molecule has 3 rings (SSSR count). The minimum atomic E-state index is -4.29. The van der Waals surface area contributed by atoms with Crippen molar-refractivity contribution in [3.63, 3.8) is 0 Å². The van der Waals surface area contributed by atoms with E-state index < -0.39 is 33.1 Å². The topological polar surface area (TPSA) is 131 Å². The van der Waals surface area contributed by atoms with Crippen LogP contribution in [-0.2, 0) is 14.8 Å². The zero-order chi connectivity index (χ0) is 23.8. The van der Waals surface area contributed by atoms with Gasteiger partial charge in [0.2, 0.25) is 0 Å². The second-order valence-electron chi connectivity index (χ2n) is 6.64. The summed E-state index contributed by atoms with van der Waals surface area (Å²) < 4.78 is 32.3. The minimum absolute atomic E-state index is 0.113. The molecule has 0 bridgehead atoms. The Morgan fingerprint density at radius 3 is 2.33 bits per heavy atom. The standard InChI is InChI=1S/C22H20N4O6S/c1-32-18-13-11-17(12-14-18)15-23-24-22(27)16-25(20-9-5-6-10-21(20)26(28)29)33(30,31)19-7-3-2-4-8-19/h2-15H,16H2,1H3,(H,24,27)/b23-15-. The quantitative estimate of drug-likeness (QED) is 0.292. The number of methoxy groups -OCH3 is 1. The third-order valence-electron chi connectivity index (χ3n) is 4.48. The van der Waals surface area contributed by atoms with Crippen molar-refractivity contribution in [2.24, 2.45) is 5.10 Å². The zero-order valence-electron chi connectivity index (χ0n) is 17.5. The number of carbonyl (C=O) groups is 1. The third kappa shape index (κ3) is 5.71. The van der Waals surface area contributed by atoms with Crippen LogP contribution in [0.4, 0.5) is 11.4 Å². The number of hydrogen-bond acceptors (Lipinski definition) is 7. The summed E-state index contributed by atoms with van der Waals surface area (Å²) in [6.45, 7) is -0.720. The van der Waals surface area contributed by atoms with Gasteiger partial charge in [-0.3, -0.25) is 14.9 Å². The molecule has 1 amide bonds. The molecule has 0 heterocycles. The van der Waals surface area contributed by atoms with Crippen LogP contribution < -0.4 is 14.5 Å². The molecule has 0 saturated heterocycles. The largest absolute Gasteiger partial charge is 0.497 e. The van der Waals surface area contributed by atoms with Gasteiger partial charge < -0.3 is 4.74 Å². The van der Waals surface area contributed by atoms with Gasteiger partial charge in [0.05, 0.1) is 23.1 Å². The van der Waals surface area contributed by atoms with Gasteiger partial charge in [-0.25, -0.2) is 18.1 Å². The molecule has 1 N–H and O–H groups in total. The first-order valence-corrected chi connectivity index (χ1v) is 11.0. The normalized spacial score (nSPS) is 11.2. The first-order valence-electron chi connectivity index (χ1n) is 9.60. The molecule has 0 aliphatic heterocycles. The van der Waals surface area contributed by atoms with Crippen LogP contribution in [0.3, 0.4) is 0 Å². The number of ether oxygens (including phenoxy) is 1. The highest BCUT2D eigenvalue weighted by Crippen LogP contribution is 2.31. The van der Waals surface area contributed by atoms with E-state index in [1.807, 2.05) is 0 Å². The van der Waals surface area contributed by atoms with E-state index in [2.05, 4.69) is 10.5 Å². The maximum Gasteiger partial charge on any atom is 0.293 e. The number of sulfonamides is 1. The number of anilines is 1. The predicted octanol–water partition coefficient (Wildman–Crippen LogP) is 2.95. The van der Waals surface area contributed by atoms with Crippen LogP contribution in [0.5, 0.6) is 5.75 Å². The zero-order valence-corrected chi connectivity index (χ0v) is 18.3. The molecule has 170 valence electrons. The van der Waals surface area contributed by atoms with Crippen LogP contribution >= 0.6 is 0 Å². The molecule has 11 heteroatoms. The van der Waals surface area contributed by atoms with Gasteiger partial charge in [0.25, 0.3) is 21.6 Å². The Morgan fingerprint density at radius 2 is 1.70 bits per heavy atom. The average Bonchev–Trinajstić information content (AvgIpc) is 2.83. The molecule has 0 saturated carbocycles. The number of benzene rings is 3. The molecule has 0 fully saturated rings. The van der Waals surface area contributed by atoms with Crippen LogP contribution in [0.2, 0.25) is 0 Å². The summed E-state index contributed by atoms with van der Waals surface area (Å²) >= 11 is 0. The molecule has 0 atom stereocenters. The van der Waals surface area contributed by atoms with E-state index >= 15 is 0 Å². The van der Waals surface area contributed by atoms with E-state index in [0.717, 1.165) is 0 Å². The Kier molecular flexibility index (Phi) is 7.36. The van der Waals surface area contributed by atoms with Crippen molar-refractivity contribution in [1.29, 1.82) is 0 Å². The van der Waals surface area contributed by atoms with E-state index in [1.165, 1.54) is 61.9 Å². The van der Waals surface area contributed by atoms with Gasteiger partial charge in [-0.05, 0) is 48.0 Å². The van der Waals surface area contributed by atoms with Crippen molar-refractivity contribution in [3.05, 3.63) is 94.5 Å². The molecule has 0 spiro atoms. The van der Waals surface area contributed by atoms with Crippen molar-refractivity contribution in [1.82, 2.24) is 5.43 Å². The summed E-state index contributed by atoms with van der Waals surface area (Å²) in [5, 5.41) is 15.3. The average molecular weight is 468 g/mol. The number of nitro groups is 1. The Bertz CT molecular complexity index is 1260. The van der Waals surface area contributed by atoms with Gasteiger partial charge in [-0.1, -0.05) is 30.3 Å². The van der Waals surface area contributed by atoms with Gasteiger partial charge in [0, 0.05) is 6.07 Å². The second kappa shape index (κ2) is 10.4. The summed E-state index contributed by atoms with van der Waals surface area (Å²) in [5.41, 5.74) is 2.24. The van der Waals surface area contributed by atoms with E-state index in [0.29, 0.717) is 15.6 Å². The number of nitrogens with one attached hydrogen (secondary N) is 1. The number of hydrogen-bond donors (Lipinski definition) is 1. The van der Waals surface area contributed by atoms with Gasteiger partial charge in [-0.2, -0.15) is 5.10 Å². The molecule has 10 nitrogen and oxygen atoms in total. The molecule has 33 heavy (non-hydrogen) atoms. The lowest BCUT2D eigenvalue weighted by molar-refractivity contribution is -0.384. The van der Waals surface area contributed by atoms with Crippen LogP contribution in [0.15, 0.2) is 88.9 Å². The number of nitrogens with zero attached hydrogens (tertiary/aromatic N) is 3. The van der Waals surface area contributed by atoms with Crippen molar-refractivity contribution >= 4 is 33.5 Å². The summed E-state index contributed by atoms with van der Waals surface area (Å²) in [6, 6.07) is 19.5. The highest BCUT2D eigenvalue weighted by molar-refractivity contribution is 7.92. The molecule has 3 aromatic carbocycles. The van der Waals surface area contributed by atoms with Crippen LogP contribution in [0.25, 0.3) is 0 Å². The number of para-hydroxylation sites is 2. The highest BCUT2D eigenvalue weighted by Gasteiger charge is 2.31. The number of nitro benzene ring substituents is 1. The molecule has 0 aliphatic rings. The summed E-state index contributed by atoms with van der Waals surface area (Å²) in [4.78, 5) is 23.2. The summed E-state index contributed by atoms with van der Waals surface area (Å²) in [6.07, 6.45) is 1.37. The molecule has 0 radical (unpaired) electrons. The van der Waals surface area contributed by atoms with E-state index in [4.69, 9.17) is 4.74 Å². The Labute approximate surface area is 190 Å². The van der Waals surface area contributed by atoms with Crippen LogP contribution in [-0.4, -0.2) is 39.1 Å². The van der Waals surface area contributed by atoms with Crippen LogP contribution in [0.1, 0.15) is 5.56 Å². The van der Waals surface area contributed by atoms with Crippen LogP contribution in [0, 0.1) is 10.1 Å². The predicted molar refractivity (Wildman–Crippen MR) is 123 cm³/mol. The van der Waals surface area contributed by atoms with Gasteiger partial charge in [0.1, 0.15) is 18.0 Å². The van der Waals surface area contributed by atoms with E-state index in [-0.39, 0.29) is 10.6 Å². The lowest BCUT2D eigenvalue weighted by Gasteiger charge is -2.23. The molecular formula is C22H20N4O6S. The molecule has 0 aromatic heterocycles. The first-order chi connectivity index (χ1) is 15.8. The molecule has 0 unspecified atom stereocenters. The maximum absolute atomic E-state index is 13.3. The Balaban J connectivity index is 1.88. The van der Waals surface area contributed by atoms with Crippen molar-refractivity contribution in [3.8, 4) is 5.75 Å². The van der Waals surface area contributed by atoms with Gasteiger partial charge >= 0.3 is 0 Å². The Hall–Kier alpha value is -4.25. The molecular weight excluding hydrogens is 448 g/mol. The second-order valence-corrected chi connectivity index (χ2v) is 8.50. The smallest absolute Gasteiger partial charge is 0.293 e.